The highest BCUT2D eigenvalue weighted by Crippen LogP contribution is 2.53. The Morgan fingerprint density at radius 1 is 1.03 bits per heavy atom. The van der Waals surface area contributed by atoms with Gasteiger partial charge >= 0.3 is 0 Å². The maximum Gasteiger partial charge on any atom is 0.293 e. The van der Waals surface area contributed by atoms with E-state index in [4.69, 9.17) is 0 Å². The van der Waals surface area contributed by atoms with E-state index in [2.05, 4.69) is 5.32 Å². The number of benzene rings is 2. The summed E-state index contributed by atoms with van der Waals surface area (Å²) in [6.45, 7) is 1.73. The highest BCUT2D eigenvalue weighted by atomic mass is 16.6. The Balaban J connectivity index is 1.35. The van der Waals surface area contributed by atoms with Crippen molar-refractivity contribution in [2.75, 3.05) is 10.2 Å². The van der Waals surface area contributed by atoms with Crippen LogP contribution in [0.25, 0.3) is 0 Å². The average molecular weight is 417 g/mol. The fourth-order valence-corrected chi connectivity index (χ4v) is 5.01. The van der Waals surface area contributed by atoms with Gasteiger partial charge in [0.15, 0.2) is 0 Å². The van der Waals surface area contributed by atoms with Gasteiger partial charge in [0.05, 0.1) is 22.4 Å². The molecule has 2 aromatic rings. The molecule has 2 aromatic carbocycles. The van der Waals surface area contributed by atoms with E-state index in [0.29, 0.717) is 11.3 Å². The number of fused-ring (bicyclic) bond motifs is 5. The first kappa shape index (κ1) is 19.2. The van der Waals surface area contributed by atoms with Crippen molar-refractivity contribution in [2.45, 2.75) is 13.3 Å². The summed E-state index contributed by atoms with van der Waals surface area (Å²) in [6.07, 6.45) is 4.95. The first-order valence-corrected chi connectivity index (χ1v) is 10.1. The van der Waals surface area contributed by atoms with Crippen LogP contribution < -0.4 is 10.2 Å². The largest absolute Gasteiger partial charge is 0.316 e. The number of allylic oxidation sites excluding steroid dienone is 2. The maximum absolute atomic E-state index is 12.9. The number of imide groups is 1. The van der Waals surface area contributed by atoms with E-state index in [0.717, 1.165) is 6.42 Å². The molecule has 1 aliphatic heterocycles. The van der Waals surface area contributed by atoms with E-state index in [1.807, 2.05) is 12.2 Å². The number of anilines is 2. The van der Waals surface area contributed by atoms with Crippen LogP contribution in [0.3, 0.4) is 0 Å². The lowest BCUT2D eigenvalue weighted by molar-refractivity contribution is -0.384. The summed E-state index contributed by atoms with van der Waals surface area (Å²) in [5.41, 5.74) is 1.32. The first-order chi connectivity index (χ1) is 14.8. The lowest BCUT2D eigenvalue weighted by Gasteiger charge is -2.17. The molecule has 1 heterocycles. The van der Waals surface area contributed by atoms with E-state index >= 15 is 0 Å². The lowest BCUT2D eigenvalue weighted by atomic mass is 9.85. The molecule has 1 N–H and O–H groups in total. The first-order valence-electron chi connectivity index (χ1n) is 10.1. The number of nitro groups is 1. The fraction of sp³-hybridized carbons (Fsp3) is 0.261. The summed E-state index contributed by atoms with van der Waals surface area (Å²) in [5, 5.41) is 13.8. The fourth-order valence-electron chi connectivity index (χ4n) is 5.01. The third kappa shape index (κ3) is 2.94. The number of hydrogen-bond acceptors (Lipinski definition) is 5. The van der Waals surface area contributed by atoms with E-state index in [1.165, 1.54) is 29.2 Å². The van der Waals surface area contributed by atoms with E-state index in [9.17, 15) is 24.5 Å². The van der Waals surface area contributed by atoms with Crippen LogP contribution in [0.5, 0.6) is 0 Å². The molecule has 3 aliphatic rings. The Bertz CT molecular complexity index is 1140. The lowest BCUT2D eigenvalue weighted by Crippen LogP contribution is -2.32. The molecule has 1 saturated carbocycles. The van der Waals surface area contributed by atoms with Crippen LogP contribution in [0.4, 0.5) is 17.1 Å². The van der Waals surface area contributed by atoms with E-state index in [-0.39, 0.29) is 52.4 Å². The third-order valence-electron chi connectivity index (χ3n) is 6.46. The summed E-state index contributed by atoms with van der Waals surface area (Å²) >= 11 is 0. The quantitative estimate of drug-likeness (QED) is 0.355. The van der Waals surface area contributed by atoms with Crippen LogP contribution in [0.2, 0.25) is 0 Å². The average Bonchev–Trinajstić information content (AvgIpc) is 3.43. The summed E-state index contributed by atoms with van der Waals surface area (Å²) in [5.74, 6) is -1.19. The van der Waals surface area contributed by atoms with Crippen LogP contribution >= 0.6 is 0 Å². The van der Waals surface area contributed by atoms with Gasteiger partial charge in [0, 0.05) is 11.6 Å². The minimum Gasteiger partial charge on any atom is -0.316 e. The van der Waals surface area contributed by atoms with Crippen LogP contribution in [-0.2, 0) is 9.59 Å². The Kier molecular flexibility index (Phi) is 4.25. The molecule has 0 unspecified atom stereocenters. The van der Waals surface area contributed by atoms with Crippen molar-refractivity contribution in [3.05, 3.63) is 75.9 Å². The number of carbonyl (C=O) groups is 3. The maximum atomic E-state index is 12.9. The highest BCUT2D eigenvalue weighted by molar-refractivity contribution is 6.23. The van der Waals surface area contributed by atoms with Crippen molar-refractivity contribution < 1.29 is 19.3 Å². The molecule has 1 saturated heterocycles. The zero-order valence-corrected chi connectivity index (χ0v) is 16.6. The molecule has 2 bridgehead atoms. The number of aryl methyl sites for hydroxylation is 1. The zero-order valence-electron chi connectivity index (χ0n) is 16.6. The van der Waals surface area contributed by atoms with Crippen LogP contribution in [-0.4, -0.2) is 22.6 Å². The Morgan fingerprint density at radius 2 is 1.65 bits per heavy atom. The van der Waals surface area contributed by atoms with Gasteiger partial charge in [0.25, 0.3) is 11.6 Å². The molecule has 8 heteroatoms. The van der Waals surface area contributed by atoms with Crippen LogP contribution in [0.15, 0.2) is 54.6 Å². The van der Waals surface area contributed by atoms with Gasteiger partial charge in [-0.3, -0.25) is 29.4 Å². The number of nitrogens with one attached hydrogen (secondary N) is 1. The second-order valence-electron chi connectivity index (χ2n) is 8.29. The minimum atomic E-state index is -0.546. The van der Waals surface area contributed by atoms with Crippen LogP contribution in [0.1, 0.15) is 22.3 Å². The van der Waals surface area contributed by atoms with Gasteiger partial charge in [-0.2, -0.15) is 0 Å². The van der Waals surface area contributed by atoms with Gasteiger partial charge < -0.3 is 5.32 Å². The second kappa shape index (κ2) is 6.87. The molecule has 0 spiro atoms. The number of rotatable bonds is 4. The molecule has 0 aromatic heterocycles. The monoisotopic (exact) mass is 417 g/mol. The third-order valence-corrected chi connectivity index (χ3v) is 6.46. The normalized spacial score (nSPS) is 25.8. The molecule has 156 valence electrons. The van der Waals surface area contributed by atoms with Gasteiger partial charge in [0.1, 0.15) is 5.69 Å². The second-order valence-corrected chi connectivity index (χ2v) is 8.29. The van der Waals surface area contributed by atoms with Crippen molar-refractivity contribution in [1.29, 1.82) is 0 Å². The van der Waals surface area contributed by atoms with E-state index < -0.39 is 10.8 Å². The van der Waals surface area contributed by atoms with Gasteiger partial charge in [-0.05, 0) is 61.1 Å². The summed E-state index contributed by atoms with van der Waals surface area (Å²) in [7, 11) is 0. The molecular formula is C23H19N3O5. The number of amides is 3. The smallest absolute Gasteiger partial charge is 0.293 e. The highest BCUT2D eigenvalue weighted by Gasteiger charge is 2.59. The molecular weight excluding hydrogens is 398 g/mol. The molecule has 2 aliphatic carbocycles. The van der Waals surface area contributed by atoms with Crippen LogP contribution in [0, 0.1) is 40.7 Å². The number of nitro benzene ring substituents is 1. The topological polar surface area (TPSA) is 110 Å². The summed E-state index contributed by atoms with van der Waals surface area (Å²) < 4.78 is 0. The summed E-state index contributed by atoms with van der Waals surface area (Å²) in [4.78, 5) is 50.4. The predicted molar refractivity (Wildman–Crippen MR) is 112 cm³/mol. The molecule has 4 atom stereocenters. The minimum absolute atomic E-state index is 0.102. The Morgan fingerprint density at radius 3 is 2.23 bits per heavy atom. The zero-order chi connectivity index (χ0) is 21.9. The molecule has 0 radical (unpaired) electrons. The standard InChI is InChI=1S/C23H19N3O5/c1-12-2-9-17(18(10-12)26(30)31)24-21(27)13-5-7-16(8-6-13)25-22(28)19-14-3-4-15(11-14)20(19)23(25)29/h2-10,14-15,19-20H,11H2,1H3,(H,24,27)/t14-,15-,19+,20+/m0/s1. The number of carbonyl (C=O) groups excluding carboxylic acids is 3. The summed E-state index contributed by atoms with van der Waals surface area (Å²) in [6, 6.07) is 10.7. The molecule has 31 heavy (non-hydrogen) atoms. The number of nitrogens with zero attached hydrogens (tertiary/aromatic N) is 2. The van der Waals surface area contributed by atoms with Crippen molar-refractivity contribution in [2.24, 2.45) is 23.7 Å². The van der Waals surface area contributed by atoms with Gasteiger partial charge in [-0.25, -0.2) is 0 Å². The molecule has 8 nitrogen and oxygen atoms in total. The van der Waals surface area contributed by atoms with Crippen molar-refractivity contribution in [3.8, 4) is 0 Å². The van der Waals surface area contributed by atoms with Gasteiger partial charge in [-0.15, -0.1) is 0 Å². The predicted octanol–water partition coefficient (Wildman–Crippen LogP) is 3.47. The van der Waals surface area contributed by atoms with Crippen molar-refractivity contribution in [3.63, 3.8) is 0 Å². The van der Waals surface area contributed by atoms with Gasteiger partial charge in [-0.1, -0.05) is 18.2 Å². The van der Waals surface area contributed by atoms with Crippen molar-refractivity contribution >= 4 is 34.8 Å². The van der Waals surface area contributed by atoms with E-state index in [1.54, 1.807) is 25.1 Å². The molecule has 2 fully saturated rings. The van der Waals surface area contributed by atoms with Gasteiger partial charge in [0.2, 0.25) is 11.8 Å². The SMILES string of the molecule is Cc1ccc(NC(=O)c2ccc(N3C(=O)[C@H]4[C@H](C3=O)[C@H]3C=C[C@H]4C3)cc2)c([N+](=O)[O-])c1. The Hall–Kier alpha value is -3.81. The Labute approximate surface area is 177 Å². The molecule has 3 amide bonds. The number of hydrogen-bond donors (Lipinski definition) is 1. The van der Waals surface area contributed by atoms with Crippen molar-refractivity contribution in [1.82, 2.24) is 0 Å². The molecule has 5 rings (SSSR count).